The van der Waals surface area contributed by atoms with Crippen LogP contribution in [0.1, 0.15) is 5.56 Å². The minimum absolute atomic E-state index is 0.0996. The smallest absolute Gasteiger partial charge is 0.241 e. The molecule has 0 spiro atoms. The third kappa shape index (κ3) is 3.93. The summed E-state index contributed by atoms with van der Waals surface area (Å²) in [6.45, 7) is 1.42. The number of aliphatic hydroxyl groups excluding tert-OH is 1. The summed E-state index contributed by atoms with van der Waals surface area (Å²) in [5, 5.41) is 9.53. The molecule has 0 fully saturated rings. The zero-order valence-corrected chi connectivity index (χ0v) is 11.8. The van der Waals surface area contributed by atoms with Gasteiger partial charge in [-0.3, -0.25) is 0 Å². The van der Waals surface area contributed by atoms with Gasteiger partial charge in [-0.15, -0.1) is 0 Å². The van der Waals surface area contributed by atoms with Crippen LogP contribution in [0.3, 0.4) is 0 Å². The van der Waals surface area contributed by atoms with E-state index in [-0.39, 0.29) is 18.1 Å². The molecule has 1 atom stereocenters. The van der Waals surface area contributed by atoms with Gasteiger partial charge in [-0.1, -0.05) is 11.6 Å². The van der Waals surface area contributed by atoms with E-state index in [0.29, 0.717) is 10.6 Å². The predicted molar refractivity (Wildman–Crippen MR) is 69.3 cm³/mol. The standard InChI is InChI=1S/C11H16ClNO4S/c1-8-5-9(12)3-4-11(8)18(15,16)13-10(6-14)7-17-2/h3-5,10,13-14H,6-7H2,1-2H3. The van der Waals surface area contributed by atoms with Gasteiger partial charge in [0.25, 0.3) is 0 Å². The predicted octanol–water partition coefficient (Wildman–Crippen LogP) is 0.934. The van der Waals surface area contributed by atoms with Gasteiger partial charge in [0.2, 0.25) is 10.0 Å². The zero-order chi connectivity index (χ0) is 13.8. The summed E-state index contributed by atoms with van der Waals surface area (Å²) in [6, 6.07) is 3.84. The number of hydrogen-bond donors (Lipinski definition) is 2. The molecule has 1 aromatic carbocycles. The summed E-state index contributed by atoms with van der Waals surface area (Å²) < 4.78 is 31.4. The van der Waals surface area contributed by atoms with Crippen molar-refractivity contribution in [3.05, 3.63) is 28.8 Å². The van der Waals surface area contributed by atoms with E-state index < -0.39 is 16.1 Å². The maximum Gasteiger partial charge on any atom is 0.241 e. The fourth-order valence-corrected chi connectivity index (χ4v) is 3.19. The van der Waals surface area contributed by atoms with Crippen molar-refractivity contribution < 1.29 is 18.3 Å². The number of halogens is 1. The number of hydrogen-bond acceptors (Lipinski definition) is 4. The highest BCUT2D eigenvalue weighted by atomic mass is 35.5. The summed E-state index contributed by atoms with van der Waals surface area (Å²) >= 11 is 5.77. The fraction of sp³-hybridized carbons (Fsp3) is 0.455. The molecular weight excluding hydrogens is 278 g/mol. The lowest BCUT2D eigenvalue weighted by Crippen LogP contribution is -2.40. The van der Waals surface area contributed by atoms with Crippen molar-refractivity contribution in [1.29, 1.82) is 0 Å². The Morgan fingerprint density at radius 3 is 2.67 bits per heavy atom. The van der Waals surface area contributed by atoms with Crippen molar-refractivity contribution in [2.75, 3.05) is 20.3 Å². The zero-order valence-electron chi connectivity index (χ0n) is 10.2. The van der Waals surface area contributed by atoms with Crippen molar-refractivity contribution in [3.63, 3.8) is 0 Å². The van der Waals surface area contributed by atoms with Crippen LogP contribution in [-0.2, 0) is 14.8 Å². The molecule has 1 unspecified atom stereocenters. The SMILES string of the molecule is COCC(CO)NS(=O)(=O)c1ccc(Cl)cc1C. The van der Waals surface area contributed by atoms with Crippen LogP contribution in [-0.4, -0.2) is 39.9 Å². The number of aliphatic hydroxyl groups is 1. The Balaban J connectivity index is 2.99. The lowest BCUT2D eigenvalue weighted by Gasteiger charge is -2.16. The largest absolute Gasteiger partial charge is 0.395 e. The Labute approximate surface area is 112 Å². The number of sulfonamides is 1. The van der Waals surface area contributed by atoms with Gasteiger partial charge in [-0.05, 0) is 30.7 Å². The van der Waals surface area contributed by atoms with Crippen molar-refractivity contribution in [2.45, 2.75) is 17.9 Å². The second-order valence-corrected chi connectivity index (χ2v) is 5.98. The molecule has 0 bridgehead atoms. The van der Waals surface area contributed by atoms with Crippen LogP contribution < -0.4 is 4.72 Å². The minimum Gasteiger partial charge on any atom is -0.395 e. The summed E-state index contributed by atoms with van der Waals surface area (Å²) in [6.07, 6.45) is 0. The third-order valence-corrected chi connectivity index (χ3v) is 4.25. The van der Waals surface area contributed by atoms with Crippen LogP contribution in [0.15, 0.2) is 23.1 Å². The Morgan fingerprint density at radius 2 is 2.17 bits per heavy atom. The lowest BCUT2D eigenvalue weighted by atomic mass is 10.2. The molecule has 18 heavy (non-hydrogen) atoms. The summed E-state index contributed by atoms with van der Waals surface area (Å²) in [5.41, 5.74) is 0.545. The normalized spacial score (nSPS) is 13.6. The van der Waals surface area contributed by atoms with Gasteiger partial charge in [0.15, 0.2) is 0 Å². The summed E-state index contributed by atoms with van der Waals surface area (Å²) in [7, 11) is -2.25. The van der Waals surface area contributed by atoms with Crippen LogP contribution in [0.4, 0.5) is 0 Å². The molecule has 0 heterocycles. The monoisotopic (exact) mass is 293 g/mol. The molecule has 0 aliphatic carbocycles. The molecule has 0 aromatic heterocycles. The van der Waals surface area contributed by atoms with E-state index in [1.807, 2.05) is 0 Å². The Morgan fingerprint density at radius 1 is 1.50 bits per heavy atom. The number of methoxy groups -OCH3 is 1. The molecule has 1 rings (SSSR count). The van der Waals surface area contributed by atoms with Crippen LogP contribution in [0, 0.1) is 6.92 Å². The first-order valence-electron chi connectivity index (χ1n) is 5.29. The van der Waals surface area contributed by atoms with Gasteiger partial charge in [0.1, 0.15) is 0 Å². The lowest BCUT2D eigenvalue weighted by molar-refractivity contribution is 0.139. The van der Waals surface area contributed by atoms with Crippen molar-refractivity contribution in [3.8, 4) is 0 Å². The van der Waals surface area contributed by atoms with Gasteiger partial charge >= 0.3 is 0 Å². The van der Waals surface area contributed by atoms with E-state index in [4.69, 9.17) is 21.4 Å². The van der Waals surface area contributed by atoms with E-state index in [2.05, 4.69) is 4.72 Å². The third-order valence-electron chi connectivity index (χ3n) is 2.34. The van der Waals surface area contributed by atoms with Gasteiger partial charge in [-0.2, -0.15) is 0 Å². The first-order chi connectivity index (χ1) is 8.40. The molecule has 1 aromatic rings. The van der Waals surface area contributed by atoms with Gasteiger partial charge in [0, 0.05) is 12.1 Å². The highest BCUT2D eigenvalue weighted by Gasteiger charge is 2.21. The number of rotatable bonds is 6. The molecular formula is C11H16ClNO4S. The van der Waals surface area contributed by atoms with E-state index in [1.165, 1.54) is 19.2 Å². The topological polar surface area (TPSA) is 75.6 Å². The van der Waals surface area contributed by atoms with Crippen LogP contribution in [0.2, 0.25) is 5.02 Å². The van der Waals surface area contributed by atoms with E-state index in [9.17, 15) is 8.42 Å². The molecule has 5 nitrogen and oxygen atoms in total. The number of benzene rings is 1. The molecule has 2 N–H and O–H groups in total. The van der Waals surface area contributed by atoms with E-state index in [1.54, 1.807) is 13.0 Å². The fourth-order valence-electron chi connectivity index (χ4n) is 1.52. The highest BCUT2D eigenvalue weighted by molar-refractivity contribution is 7.89. The van der Waals surface area contributed by atoms with Crippen molar-refractivity contribution in [1.82, 2.24) is 4.72 Å². The first-order valence-corrected chi connectivity index (χ1v) is 7.15. The average molecular weight is 294 g/mol. The number of nitrogens with one attached hydrogen (secondary N) is 1. The molecule has 0 aliphatic heterocycles. The van der Waals surface area contributed by atoms with E-state index in [0.717, 1.165) is 0 Å². The first kappa shape index (κ1) is 15.4. The molecule has 0 amide bonds. The number of ether oxygens (including phenoxy) is 1. The van der Waals surface area contributed by atoms with Crippen LogP contribution in [0.25, 0.3) is 0 Å². The molecule has 0 saturated heterocycles. The number of aryl methyl sites for hydroxylation is 1. The quantitative estimate of drug-likeness (QED) is 0.818. The Bertz CT molecular complexity index is 504. The molecule has 7 heteroatoms. The Hall–Kier alpha value is -0.660. The van der Waals surface area contributed by atoms with Crippen LogP contribution in [0.5, 0.6) is 0 Å². The maximum absolute atomic E-state index is 12.1. The van der Waals surface area contributed by atoms with Gasteiger partial charge < -0.3 is 9.84 Å². The maximum atomic E-state index is 12.1. The summed E-state index contributed by atoms with van der Waals surface area (Å²) in [4.78, 5) is 0.140. The summed E-state index contributed by atoms with van der Waals surface area (Å²) in [5.74, 6) is 0. The second kappa shape index (κ2) is 6.49. The molecule has 0 radical (unpaired) electrons. The Kier molecular flexibility index (Phi) is 5.55. The second-order valence-electron chi connectivity index (χ2n) is 3.87. The van der Waals surface area contributed by atoms with Crippen LogP contribution >= 0.6 is 11.6 Å². The molecule has 102 valence electrons. The highest BCUT2D eigenvalue weighted by Crippen LogP contribution is 2.19. The molecule has 0 aliphatic rings. The molecule has 0 saturated carbocycles. The van der Waals surface area contributed by atoms with Gasteiger partial charge in [-0.25, -0.2) is 13.1 Å². The van der Waals surface area contributed by atoms with Gasteiger partial charge in [0.05, 0.1) is 24.2 Å². The van der Waals surface area contributed by atoms with Crippen molar-refractivity contribution >= 4 is 21.6 Å². The minimum atomic E-state index is -3.69. The average Bonchev–Trinajstić information content (AvgIpc) is 2.27. The van der Waals surface area contributed by atoms with Crippen molar-refractivity contribution in [2.24, 2.45) is 0 Å². The van der Waals surface area contributed by atoms with E-state index >= 15 is 0 Å².